The van der Waals surface area contributed by atoms with E-state index in [9.17, 15) is 19.2 Å². The molecule has 2 saturated heterocycles. The van der Waals surface area contributed by atoms with Crippen molar-refractivity contribution in [3.63, 3.8) is 0 Å². The summed E-state index contributed by atoms with van der Waals surface area (Å²) in [7, 11) is 3.67. The third-order valence-electron chi connectivity index (χ3n) is 4.21. The van der Waals surface area contributed by atoms with Crippen LogP contribution in [0, 0.1) is 0 Å². The van der Waals surface area contributed by atoms with Crippen molar-refractivity contribution in [2.24, 2.45) is 0 Å². The van der Waals surface area contributed by atoms with Gasteiger partial charge in [-0.3, -0.25) is 24.1 Å². The third kappa shape index (κ3) is 4.44. The third-order valence-corrected chi connectivity index (χ3v) is 5.07. The predicted molar refractivity (Wildman–Crippen MR) is 85.9 cm³/mol. The number of hydrogen-bond acceptors (Lipinski definition) is 6. The molecule has 0 aliphatic carbocycles. The minimum Gasteiger partial charge on any atom is -0.346 e. The van der Waals surface area contributed by atoms with Gasteiger partial charge in [-0.1, -0.05) is 11.8 Å². The Morgan fingerprint density at radius 2 is 1.96 bits per heavy atom. The molecule has 1 N–H and O–H groups in total. The van der Waals surface area contributed by atoms with Gasteiger partial charge >= 0.3 is 11.8 Å². The molecule has 8 nitrogen and oxygen atoms in total. The number of rotatable bonds is 4. The van der Waals surface area contributed by atoms with E-state index in [0.717, 1.165) is 42.6 Å². The number of likely N-dealkylation sites (tertiary alicyclic amines) is 1. The molecule has 2 heterocycles. The molecule has 0 bridgehead atoms. The van der Waals surface area contributed by atoms with E-state index in [-0.39, 0.29) is 36.0 Å². The van der Waals surface area contributed by atoms with Crippen molar-refractivity contribution in [2.45, 2.75) is 18.9 Å². The molecule has 4 amide bonds. The molecule has 2 rings (SSSR count). The maximum atomic E-state index is 12.1. The molecule has 0 unspecified atom stereocenters. The monoisotopic (exact) mass is 342 g/mol. The Morgan fingerprint density at radius 3 is 2.52 bits per heavy atom. The Balaban J connectivity index is 1.75. The van der Waals surface area contributed by atoms with Crippen LogP contribution in [0.2, 0.25) is 0 Å². The van der Waals surface area contributed by atoms with Gasteiger partial charge in [-0.25, -0.2) is 0 Å². The summed E-state index contributed by atoms with van der Waals surface area (Å²) in [5.41, 5.74) is 0. The van der Waals surface area contributed by atoms with E-state index in [2.05, 4.69) is 10.2 Å². The SMILES string of the molecule is CN1CCC(N(C)C(=O)C(=O)NCCN2C(=O)CSC2=O)CC1. The largest absolute Gasteiger partial charge is 0.346 e. The van der Waals surface area contributed by atoms with Crippen LogP contribution in [0.3, 0.4) is 0 Å². The van der Waals surface area contributed by atoms with Gasteiger partial charge in [0.2, 0.25) is 5.91 Å². The fourth-order valence-corrected chi connectivity index (χ4v) is 3.41. The fourth-order valence-electron chi connectivity index (χ4n) is 2.66. The van der Waals surface area contributed by atoms with Crippen LogP contribution in [0.1, 0.15) is 12.8 Å². The molecule has 0 aromatic rings. The molecule has 2 fully saturated rings. The first-order chi connectivity index (χ1) is 10.9. The maximum absolute atomic E-state index is 12.1. The standard InChI is InChI=1S/C14H22N4O4S/c1-16-6-3-10(4-7-16)17(2)13(21)12(20)15-5-8-18-11(19)9-23-14(18)22/h10H,3-9H2,1-2H3,(H,15,20). The van der Waals surface area contributed by atoms with Crippen LogP contribution >= 0.6 is 11.8 Å². The van der Waals surface area contributed by atoms with E-state index >= 15 is 0 Å². The fraction of sp³-hybridized carbons (Fsp3) is 0.714. The number of piperidine rings is 1. The Bertz CT molecular complexity index is 489. The lowest BCUT2D eigenvalue weighted by Crippen LogP contribution is -2.50. The summed E-state index contributed by atoms with van der Waals surface area (Å²) in [5.74, 6) is -1.39. The van der Waals surface area contributed by atoms with Gasteiger partial charge in [0, 0.05) is 26.2 Å². The molecule has 0 saturated carbocycles. The molecule has 0 atom stereocenters. The Morgan fingerprint density at radius 1 is 1.30 bits per heavy atom. The van der Waals surface area contributed by atoms with Gasteiger partial charge in [0.15, 0.2) is 0 Å². The molecule has 0 spiro atoms. The highest BCUT2D eigenvalue weighted by molar-refractivity contribution is 8.14. The zero-order chi connectivity index (χ0) is 17.0. The van der Waals surface area contributed by atoms with Gasteiger partial charge in [-0.15, -0.1) is 0 Å². The van der Waals surface area contributed by atoms with Crippen LogP contribution in [-0.4, -0.2) is 89.7 Å². The Kier molecular flexibility index (Phi) is 6.00. The highest BCUT2D eigenvalue weighted by Gasteiger charge is 2.30. The summed E-state index contributed by atoms with van der Waals surface area (Å²) in [6.45, 7) is 1.99. The van der Waals surface area contributed by atoms with Gasteiger partial charge in [0.1, 0.15) is 0 Å². The van der Waals surface area contributed by atoms with Crippen LogP contribution < -0.4 is 5.32 Å². The van der Waals surface area contributed by atoms with Crippen molar-refractivity contribution in [1.29, 1.82) is 0 Å². The second-order valence-electron chi connectivity index (χ2n) is 5.81. The molecule has 128 valence electrons. The second kappa shape index (κ2) is 7.78. The first kappa shape index (κ1) is 17.7. The molecular weight excluding hydrogens is 320 g/mol. The normalized spacial score (nSPS) is 20.0. The highest BCUT2D eigenvalue weighted by atomic mass is 32.2. The lowest BCUT2D eigenvalue weighted by Gasteiger charge is -2.34. The summed E-state index contributed by atoms with van der Waals surface area (Å²) in [5, 5.41) is 2.18. The first-order valence-corrected chi connectivity index (χ1v) is 8.59. The first-order valence-electron chi connectivity index (χ1n) is 7.61. The highest BCUT2D eigenvalue weighted by Crippen LogP contribution is 2.17. The summed E-state index contributed by atoms with van der Waals surface area (Å²) in [6, 6.07) is 0.0718. The van der Waals surface area contributed by atoms with Gasteiger partial charge in [0.25, 0.3) is 5.24 Å². The number of nitrogens with one attached hydrogen (secondary N) is 1. The number of carbonyl (C=O) groups excluding carboxylic acids is 4. The quantitative estimate of drug-likeness (QED) is 0.683. The van der Waals surface area contributed by atoms with Crippen LogP contribution in [0.25, 0.3) is 0 Å². The number of thioether (sulfide) groups is 1. The van der Waals surface area contributed by atoms with Gasteiger partial charge in [-0.05, 0) is 33.0 Å². The van der Waals surface area contributed by atoms with E-state index in [0.29, 0.717) is 0 Å². The minimum atomic E-state index is -0.696. The van der Waals surface area contributed by atoms with E-state index in [4.69, 9.17) is 0 Å². The average molecular weight is 342 g/mol. The summed E-state index contributed by atoms with van der Waals surface area (Å²) < 4.78 is 0. The molecular formula is C14H22N4O4S. The molecule has 9 heteroatoms. The van der Waals surface area contributed by atoms with Crippen LogP contribution in [0.4, 0.5) is 4.79 Å². The zero-order valence-electron chi connectivity index (χ0n) is 13.4. The Labute approximate surface area is 139 Å². The predicted octanol–water partition coefficient (Wildman–Crippen LogP) is -0.649. The second-order valence-corrected chi connectivity index (χ2v) is 6.73. The van der Waals surface area contributed by atoms with Crippen molar-refractivity contribution >= 4 is 34.7 Å². The van der Waals surface area contributed by atoms with Gasteiger partial charge in [0.05, 0.1) is 5.75 Å². The molecule has 0 radical (unpaired) electrons. The average Bonchev–Trinajstić information content (AvgIpc) is 2.86. The maximum Gasteiger partial charge on any atom is 0.311 e. The van der Waals surface area contributed by atoms with Crippen LogP contribution in [-0.2, 0) is 14.4 Å². The van der Waals surface area contributed by atoms with Crippen molar-refractivity contribution in [3.8, 4) is 0 Å². The number of amides is 4. The van der Waals surface area contributed by atoms with E-state index < -0.39 is 11.8 Å². The van der Waals surface area contributed by atoms with Crippen LogP contribution in [0.15, 0.2) is 0 Å². The van der Waals surface area contributed by atoms with Crippen molar-refractivity contribution in [3.05, 3.63) is 0 Å². The number of imide groups is 1. The number of carbonyl (C=O) groups is 4. The lowest BCUT2D eigenvalue weighted by atomic mass is 10.0. The molecule has 0 aromatic carbocycles. The number of likely N-dealkylation sites (N-methyl/N-ethyl adjacent to an activating group) is 1. The molecule has 2 aliphatic rings. The van der Waals surface area contributed by atoms with E-state index in [1.165, 1.54) is 4.90 Å². The minimum absolute atomic E-state index is 0.0718. The van der Waals surface area contributed by atoms with Crippen LogP contribution in [0.5, 0.6) is 0 Å². The van der Waals surface area contributed by atoms with Crippen molar-refractivity contribution < 1.29 is 19.2 Å². The number of nitrogens with zero attached hydrogens (tertiary/aromatic N) is 3. The van der Waals surface area contributed by atoms with Gasteiger partial charge in [-0.2, -0.15) is 0 Å². The Hall–Kier alpha value is -1.61. The number of hydrogen-bond donors (Lipinski definition) is 1. The van der Waals surface area contributed by atoms with E-state index in [1.54, 1.807) is 7.05 Å². The summed E-state index contributed by atoms with van der Waals surface area (Å²) >= 11 is 0.948. The summed E-state index contributed by atoms with van der Waals surface area (Å²) in [6.07, 6.45) is 1.69. The zero-order valence-corrected chi connectivity index (χ0v) is 14.2. The summed E-state index contributed by atoms with van der Waals surface area (Å²) in [4.78, 5) is 51.7. The molecule has 23 heavy (non-hydrogen) atoms. The molecule has 2 aliphatic heterocycles. The smallest absolute Gasteiger partial charge is 0.311 e. The molecule has 0 aromatic heterocycles. The topological polar surface area (TPSA) is 90.0 Å². The van der Waals surface area contributed by atoms with E-state index in [1.807, 2.05) is 7.05 Å². The van der Waals surface area contributed by atoms with Crippen molar-refractivity contribution in [1.82, 2.24) is 20.0 Å². The van der Waals surface area contributed by atoms with Gasteiger partial charge < -0.3 is 15.1 Å². The lowest BCUT2D eigenvalue weighted by molar-refractivity contribution is -0.146. The van der Waals surface area contributed by atoms with Crippen molar-refractivity contribution in [2.75, 3.05) is 46.0 Å².